The van der Waals surface area contributed by atoms with Crippen molar-refractivity contribution < 1.29 is 9.66 Å². The molecule has 1 heterocycles. The van der Waals surface area contributed by atoms with Crippen molar-refractivity contribution in [1.29, 1.82) is 0 Å². The highest BCUT2D eigenvalue weighted by atomic mass is 16.6. The molecule has 1 fully saturated rings. The van der Waals surface area contributed by atoms with Crippen LogP contribution in [0.4, 0.5) is 5.69 Å². The molecule has 0 radical (unpaired) electrons. The highest BCUT2D eigenvalue weighted by molar-refractivity contribution is 5.36. The summed E-state index contributed by atoms with van der Waals surface area (Å²) in [7, 11) is 0. The molecule has 0 aromatic carbocycles. The van der Waals surface area contributed by atoms with E-state index >= 15 is 0 Å². The van der Waals surface area contributed by atoms with E-state index in [2.05, 4.69) is 4.98 Å². The maximum absolute atomic E-state index is 10.7. The van der Waals surface area contributed by atoms with Gasteiger partial charge in [0.1, 0.15) is 11.8 Å². The number of hydrogen-bond donors (Lipinski definition) is 1. The fourth-order valence-electron chi connectivity index (χ4n) is 2.17. The van der Waals surface area contributed by atoms with Gasteiger partial charge in [-0.3, -0.25) is 10.1 Å². The van der Waals surface area contributed by atoms with Crippen molar-refractivity contribution in [1.82, 2.24) is 4.98 Å². The smallest absolute Gasteiger partial charge is 0.290 e. The molecular weight excluding hydrogens is 234 g/mol. The zero-order valence-corrected chi connectivity index (χ0v) is 10.3. The average molecular weight is 251 g/mol. The normalized spacial score (nSPS) is 23.7. The zero-order valence-electron chi connectivity index (χ0n) is 10.3. The predicted molar refractivity (Wildman–Crippen MR) is 66.5 cm³/mol. The fraction of sp³-hybridized carbons (Fsp3) is 0.583. The summed E-state index contributed by atoms with van der Waals surface area (Å²) in [6.45, 7) is 1.61. The van der Waals surface area contributed by atoms with Crippen molar-refractivity contribution in [2.24, 2.45) is 5.73 Å². The molecule has 0 bridgehead atoms. The van der Waals surface area contributed by atoms with E-state index in [1.54, 1.807) is 13.0 Å². The van der Waals surface area contributed by atoms with Gasteiger partial charge in [-0.05, 0) is 32.6 Å². The standard InChI is InChI=1S/C12H17N3O3/c1-8-11(15(16)17)6-7-12(14-8)18-10-4-2-9(13)3-5-10/h6-7,9-10H,2-5,13H2,1H3. The topological polar surface area (TPSA) is 91.3 Å². The second kappa shape index (κ2) is 5.30. The first kappa shape index (κ1) is 12.8. The Morgan fingerprint density at radius 3 is 2.61 bits per heavy atom. The monoisotopic (exact) mass is 251 g/mol. The molecule has 0 amide bonds. The third-order valence-electron chi connectivity index (χ3n) is 3.24. The van der Waals surface area contributed by atoms with Crippen LogP contribution < -0.4 is 10.5 Å². The lowest BCUT2D eigenvalue weighted by atomic mass is 9.94. The Morgan fingerprint density at radius 2 is 2.06 bits per heavy atom. The van der Waals surface area contributed by atoms with Crippen LogP contribution in [-0.4, -0.2) is 22.1 Å². The molecule has 0 spiro atoms. The highest BCUT2D eigenvalue weighted by Crippen LogP contribution is 2.24. The number of ether oxygens (including phenoxy) is 1. The lowest BCUT2D eigenvalue weighted by Crippen LogP contribution is -2.31. The van der Waals surface area contributed by atoms with Gasteiger partial charge in [0.15, 0.2) is 0 Å². The Morgan fingerprint density at radius 1 is 1.39 bits per heavy atom. The van der Waals surface area contributed by atoms with Gasteiger partial charge in [0.25, 0.3) is 5.69 Å². The number of aryl methyl sites for hydroxylation is 1. The van der Waals surface area contributed by atoms with Crippen LogP contribution in [0.25, 0.3) is 0 Å². The highest BCUT2D eigenvalue weighted by Gasteiger charge is 2.21. The lowest BCUT2D eigenvalue weighted by Gasteiger charge is -2.26. The van der Waals surface area contributed by atoms with Crippen molar-refractivity contribution in [3.8, 4) is 5.88 Å². The van der Waals surface area contributed by atoms with Gasteiger partial charge in [0, 0.05) is 18.2 Å². The Labute approximate surface area is 105 Å². The lowest BCUT2D eigenvalue weighted by molar-refractivity contribution is -0.385. The minimum Gasteiger partial charge on any atom is -0.474 e. The van der Waals surface area contributed by atoms with E-state index in [0.717, 1.165) is 25.7 Å². The van der Waals surface area contributed by atoms with E-state index in [0.29, 0.717) is 11.6 Å². The van der Waals surface area contributed by atoms with Crippen LogP contribution in [0.15, 0.2) is 12.1 Å². The van der Waals surface area contributed by atoms with Crippen LogP contribution in [0.3, 0.4) is 0 Å². The maximum atomic E-state index is 10.7. The summed E-state index contributed by atoms with van der Waals surface area (Å²) in [5.74, 6) is 0.457. The molecule has 2 N–H and O–H groups in total. The maximum Gasteiger partial charge on any atom is 0.290 e. The predicted octanol–water partition coefficient (Wildman–Crippen LogP) is 1.95. The first-order valence-corrected chi connectivity index (χ1v) is 6.10. The van der Waals surface area contributed by atoms with Crippen molar-refractivity contribution >= 4 is 5.69 Å². The van der Waals surface area contributed by atoms with E-state index in [1.165, 1.54) is 6.07 Å². The SMILES string of the molecule is Cc1nc(OC2CCC(N)CC2)ccc1[N+](=O)[O-]. The van der Waals surface area contributed by atoms with Gasteiger partial charge in [-0.2, -0.15) is 0 Å². The van der Waals surface area contributed by atoms with Gasteiger partial charge in [0.2, 0.25) is 5.88 Å². The van der Waals surface area contributed by atoms with Crippen LogP contribution >= 0.6 is 0 Å². The average Bonchev–Trinajstić information content (AvgIpc) is 2.32. The van der Waals surface area contributed by atoms with E-state index in [-0.39, 0.29) is 17.8 Å². The summed E-state index contributed by atoms with van der Waals surface area (Å²) in [5, 5.41) is 10.7. The second-order valence-electron chi connectivity index (χ2n) is 4.67. The number of nitrogens with two attached hydrogens (primary N) is 1. The number of pyridine rings is 1. The van der Waals surface area contributed by atoms with Gasteiger partial charge in [-0.25, -0.2) is 4.98 Å². The first-order chi connectivity index (χ1) is 8.56. The minimum absolute atomic E-state index is 0.0213. The number of hydrogen-bond acceptors (Lipinski definition) is 5. The molecule has 0 saturated heterocycles. The van der Waals surface area contributed by atoms with Crippen LogP contribution in [0, 0.1) is 17.0 Å². The molecule has 2 rings (SSSR count). The number of nitro groups is 1. The molecule has 1 aromatic heterocycles. The summed E-state index contributed by atoms with van der Waals surface area (Å²) >= 11 is 0. The third-order valence-corrected chi connectivity index (χ3v) is 3.24. The molecule has 1 saturated carbocycles. The molecule has 18 heavy (non-hydrogen) atoms. The van der Waals surface area contributed by atoms with Crippen LogP contribution in [0.1, 0.15) is 31.4 Å². The molecule has 1 aliphatic rings. The number of nitrogens with zero attached hydrogens (tertiary/aromatic N) is 2. The summed E-state index contributed by atoms with van der Waals surface area (Å²) in [6, 6.07) is 3.27. The molecule has 0 aliphatic heterocycles. The van der Waals surface area contributed by atoms with Crippen LogP contribution in [-0.2, 0) is 0 Å². The number of rotatable bonds is 3. The fourth-order valence-corrected chi connectivity index (χ4v) is 2.17. The molecular formula is C12H17N3O3. The van der Waals surface area contributed by atoms with E-state index in [1.807, 2.05) is 0 Å². The molecule has 0 unspecified atom stereocenters. The van der Waals surface area contributed by atoms with Crippen molar-refractivity contribution in [3.05, 3.63) is 27.9 Å². The molecule has 98 valence electrons. The van der Waals surface area contributed by atoms with Crippen LogP contribution in [0.5, 0.6) is 5.88 Å². The van der Waals surface area contributed by atoms with Crippen LogP contribution in [0.2, 0.25) is 0 Å². The van der Waals surface area contributed by atoms with Gasteiger partial charge >= 0.3 is 0 Å². The van der Waals surface area contributed by atoms with E-state index in [4.69, 9.17) is 10.5 Å². The molecule has 6 nitrogen and oxygen atoms in total. The largest absolute Gasteiger partial charge is 0.474 e. The molecule has 6 heteroatoms. The van der Waals surface area contributed by atoms with E-state index in [9.17, 15) is 10.1 Å². The van der Waals surface area contributed by atoms with Crippen molar-refractivity contribution in [3.63, 3.8) is 0 Å². The van der Waals surface area contributed by atoms with Gasteiger partial charge < -0.3 is 10.5 Å². The second-order valence-corrected chi connectivity index (χ2v) is 4.67. The summed E-state index contributed by atoms with van der Waals surface area (Å²) in [6.07, 6.45) is 3.86. The molecule has 1 aliphatic carbocycles. The first-order valence-electron chi connectivity index (χ1n) is 6.10. The Balaban J connectivity index is 2.02. The van der Waals surface area contributed by atoms with E-state index < -0.39 is 4.92 Å². The Kier molecular flexibility index (Phi) is 3.76. The summed E-state index contributed by atoms with van der Waals surface area (Å²) in [5.41, 5.74) is 6.22. The Hall–Kier alpha value is -1.69. The van der Waals surface area contributed by atoms with Gasteiger partial charge in [-0.15, -0.1) is 0 Å². The zero-order chi connectivity index (χ0) is 13.1. The third kappa shape index (κ3) is 2.95. The number of aromatic nitrogens is 1. The van der Waals surface area contributed by atoms with Crippen molar-refractivity contribution in [2.45, 2.75) is 44.8 Å². The molecule has 0 atom stereocenters. The quantitative estimate of drug-likeness (QED) is 0.654. The van der Waals surface area contributed by atoms with Gasteiger partial charge in [0.05, 0.1) is 4.92 Å². The van der Waals surface area contributed by atoms with Gasteiger partial charge in [-0.1, -0.05) is 0 Å². The molecule has 1 aromatic rings. The summed E-state index contributed by atoms with van der Waals surface area (Å²) < 4.78 is 5.73. The summed E-state index contributed by atoms with van der Waals surface area (Å²) in [4.78, 5) is 14.3. The Bertz CT molecular complexity index is 442. The minimum atomic E-state index is -0.439. The van der Waals surface area contributed by atoms with Crippen molar-refractivity contribution in [2.75, 3.05) is 0 Å².